The van der Waals surface area contributed by atoms with Gasteiger partial charge in [0.2, 0.25) is 0 Å². The second-order valence-electron chi connectivity index (χ2n) is 3.94. The topological polar surface area (TPSA) is 37.3 Å². The van der Waals surface area contributed by atoms with Crippen LogP contribution in [0.15, 0.2) is 36.4 Å². The van der Waals surface area contributed by atoms with Crippen molar-refractivity contribution in [3.8, 4) is 12.3 Å². The van der Waals surface area contributed by atoms with Gasteiger partial charge in [-0.2, -0.15) is 0 Å². The normalized spacial score (nSPS) is 12.0. The van der Waals surface area contributed by atoms with Crippen molar-refractivity contribution >= 4 is 16.7 Å². The molecule has 2 rings (SSSR count). The van der Waals surface area contributed by atoms with Crippen molar-refractivity contribution < 1.29 is 9.90 Å². The molecular formula is C15H12O2. The summed E-state index contributed by atoms with van der Waals surface area (Å²) in [5, 5.41) is 11.1. The van der Waals surface area contributed by atoms with Gasteiger partial charge in [-0.3, -0.25) is 0 Å². The van der Waals surface area contributed by atoms with E-state index in [1.54, 1.807) is 6.07 Å². The first-order valence-electron chi connectivity index (χ1n) is 5.36. The van der Waals surface area contributed by atoms with E-state index in [9.17, 15) is 9.90 Å². The fourth-order valence-corrected chi connectivity index (χ4v) is 2.03. The van der Waals surface area contributed by atoms with Crippen LogP contribution in [0.2, 0.25) is 0 Å². The first-order valence-corrected chi connectivity index (χ1v) is 5.36. The molecule has 0 radical (unpaired) electrons. The molecule has 17 heavy (non-hydrogen) atoms. The zero-order chi connectivity index (χ0) is 12.4. The van der Waals surface area contributed by atoms with Gasteiger partial charge in [-0.25, -0.2) is 4.79 Å². The Labute approximate surface area is 99.9 Å². The third-order valence-corrected chi connectivity index (χ3v) is 2.88. The molecule has 0 heterocycles. The minimum Gasteiger partial charge on any atom is -0.478 e. The highest BCUT2D eigenvalue weighted by atomic mass is 16.4. The fraction of sp³-hybridized carbons (Fsp3) is 0.133. The quantitative estimate of drug-likeness (QED) is 0.795. The number of rotatable bonds is 2. The number of hydrogen-bond acceptors (Lipinski definition) is 1. The fourth-order valence-electron chi connectivity index (χ4n) is 2.03. The van der Waals surface area contributed by atoms with Crippen LogP contribution >= 0.6 is 0 Å². The lowest BCUT2D eigenvalue weighted by Gasteiger charge is -2.12. The summed E-state index contributed by atoms with van der Waals surface area (Å²) in [5.41, 5.74) is 1.01. The molecule has 1 N–H and O–H groups in total. The second-order valence-corrected chi connectivity index (χ2v) is 3.94. The van der Waals surface area contributed by atoms with Crippen molar-refractivity contribution in [3.63, 3.8) is 0 Å². The number of aromatic carboxylic acids is 1. The number of carboxylic acid groups (broad SMARTS) is 1. The molecule has 0 bridgehead atoms. The first kappa shape index (κ1) is 11.2. The van der Waals surface area contributed by atoms with E-state index in [2.05, 4.69) is 5.92 Å². The van der Waals surface area contributed by atoms with Crippen molar-refractivity contribution in [1.29, 1.82) is 0 Å². The minimum atomic E-state index is -0.937. The van der Waals surface area contributed by atoms with Gasteiger partial charge in [-0.05, 0) is 29.3 Å². The van der Waals surface area contributed by atoms with E-state index >= 15 is 0 Å². The van der Waals surface area contributed by atoms with Crippen LogP contribution in [0.1, 0.15) is 28.8 Å². The number of fused-ring (bicyclic) bond motifs is 1. The highest BCUT2D eigenvalue weighted by Gasteiger charge is 2.16. The number of hydrogen-bond donors (Lipinski definition) is 1. The Bertz CT molecular complexity index is 620. The summed E-state index contributed by atoms with van der Waals surface area (Å²) in [6.07, 6.45) is 5.42. The average Bonchev–Trinajstić information content (AvgIpc) is 2.36. The van der Waals surface area contributed by atoms with Gasteiger partial charge in [-0.1, -0.05) is 36.3 Å². The standard InChI is InChI=1S/C15H12O2/c1-3-10(2)14-12-7-5-4-6-11(12)8-9-13(14)15(16)17/h1,4-10H,2H3,(H,16,17). The summed E-state index contributed by atoms with van der Waals surface area (Å²) in [6.45, 7) is 1.84. The number of carboxylic acids is 1. The van der Waals surface area contributed by atoms with E-state index in [0.29, 0.717) is 0 Å². The Morgan fingerprint density at radius 3 is 2.65 bits per heavy atom. The van der Waals surface area contributed by atoms with E-state index in [-0.39, 0.29) is 11.5 Å². The number of carbonyl (C=O) groups is 1. The lowest BCUT2D eigenvalue weighted by Crippen LogP contribution is -2.05. The highest BCUT2D eigenvalue weighted by molar-refractivity contribution is 5.98. The summed E-state index contributed by atoms with van der Waals surface area (Å²) in [7, 11) is 0. The van der Waals surface area contributed by atoms with E-state index in [0.717, 1.165) is 16.3 Å². The molecule has 0 fully saturated rings. The summed E-state index contributed by atoms with van der Waals surface area (Å²) in [4.78, 5) is 11.2. The number of benzene rings is 2. The van der Waals surface area contributed by atoms with Crippen molar-refractivity contribution in [3.05, 3.63) is 47.5 Å². The maximum absolute atomic E-state index is 11.2. The van der Waals surface area contributed by atoms with Crippen LogP contribution in [0.3, 0.4) is 0 Å². The molecule has 2 aromatic carbocycles. The van der Waals surface area contributed by atoms with Gasteiger partial charge >= 0.3 is 5.97 Å². The molecule has 2 nitrogen and oxygen atoms in total. The first-order chi connectivity index (χ1) is 8.15. The van der Waals surface area contributed by atoms with Crippen LogP contribution in [0.5, 0.6) is 0 Å². The third kappa shape index (κ3) is 1.88. The Hall–Kier alpha value is -2.27. The molecule has 2 heteroatoms. The molecule has 1 atom stereocenters. The van der Waals surface area contributed by atoms with Crippen molar-refractivity contribution in [1.82, 2.24) is 0 Å². The third-order valence-electron chi connectivity index (χ3n) is 2.88. The van der Waals surface area contributed by atoms with Gasteiger partial charge in [0.05, 0.1) is 5.56 Å². The van der Waals surface area contributed by atoms with Crippen LogP contribution in [0, 0.1) is 12.3 Å². The van der Waals surface area contributed by atoms with Crippen molar-refractivity contribution in [2.24, 2.45) is 0 Å². The van der Waals surface area contributed by atoms with E-state index in [4.69, 9.17) is 6.42 Å². The lowest BCUT2D eigenvalue weighted by atomic mass is 9.90. The Morgan fingerprint density at radius 2 is 2.00 bits per heavy atom. The Balaban J connectivity index is 2.85. The van der Waals surface area contributed by atoms with Gasteiger partial charge < -0.3 is 5.11 Å². The molecule has 0 spiro atoms. The average molecular weight is 224 g/mol. The largest absolute Gasteiger partial charge is 0.478 e. The molecule has 0 aliphatic rings. The Morgan fingerprint density at radius 1 is 1.29 bits per heavy atom. The van der Waals surface area contributed by atoms with Gasteiger partial charge in [-0.15, -0.1) is 6.42 Å². The maximum atomic E-state index is 11.2. The van der Waals surface area contributed by atoms with E-state index < -0.39 is 5.97 Å². The zero-order valence-electron chi connectivity index (χ0n) is 9.47. The molecule has 84 valence electrons. The maximum Gasteiger partial charge on any atom is 0.336 e. The minimum absolute atomic E-state index is 0.216. The van der Waals surface area contributed by atoms with Crippen LogP contribution in [-0.4, -0.2) is 11.1 Å². The van der Waals surface area contributed by atoms with Crippen LogP contribution < -0.4 is 0 Å². The molecular weight excluding hydrogens is 212 g/mol. The lowest BCUT2D eigenvalue weighted by molar-refractivity contribution is 0.0695. The van der Waals surface area contributed by atoms with Crippen molar-refractivity contribution in [2.45, 2.75) is 12.8 Å². The molecule has 0 aromatic heterocycles. The van der Waals surface area contributed by atoms with E-state index in [1.807, 2.05) is 37.3 Å². The van der Waals surface area contributed by atoms with Crippen molar-refractivity contribution in [2.75, 3.05) is 0 Å². The van der Waals surface area contributed by atoms with Gasteiger partial charge in [0.1, 0.15) is 0 Å². The van der Waals surface area contributed by atoms with Gasteiger partial charge in [0, 0.05) is 5.92 Å². The summed E-state index contributed by atoms with van der Waals surface area (Å²) in [5.74, 6) is 1.45. The number of terminal acetylenes is 1. The molecule has 0 saturated heterocycles. The summed E-state index contributed by atoms with van der Waals surface area (Å²) >= 11 is 0. The Kier molecular flexibility index (Phi) is 2.84. The zero-order valence-corrected chi connectivity index (χ0v) is 9.47. The van der Waals surface area contributed by atoms with Crippen LogP contribution in [0.25, 0.3) is 10.8 Å². The molecule has 0 saturated carbocycles. The predicted octanol–water partition coefficient (Wildman–Crippen LogP) is 3.27. The van der Waals surface area contributed by atoms with Crippen LogP contribution in [-0.2, 0) is 0 Å². The van der Waals surface area contributed by atoms with Gasteiger partial charge in [0.25, 0.3) is 0 Å². The molecule has 1 unspecified atom stereocenters. The summed E-state index contributed by atoms with van der Waals surface area (Å²) < 4.78 is 0. The van der Waals surface area contributed by atoms with E-state index in [1.165, 1.54) is 0 Å². The summed E-state index contributed by atoms with van der Waals surface area (Å²) in [6, 6.07) is 11.1. The molecule has 0 aliphatic heterocycles. The SMILES string of the molecule is C#CC(C)c1c(C(=O)O)ccc2ccccc12. The molecule has 0 amide bonds. The highest BCUT2D eigenvalue weighted by Crippen LogP contribution is 2.28. The van der Waals surface area contributed by atoms with Crippen LogP contribution in [0.4, 0.5) is 0 Å². The second kappa shape index (κ2) is 4.31. The smallest absolute Gasteiger partial charge is 0.336 e. The predicted molar refractivity (Wildman–Crippen MR) is 68.2 cm³/mol. The molecule has 0 aliphatic carbocycles. The molecule has 2 aromatic rings. The van der Waals surface area contributed by atoms with Gasteiger partial charge in [0.15, 0.2) is 0 Å². The monoisotopic (exact) mass is 224 g/mol.